The molecular weight excluding hydrogens is 279 g/mol. The molecule has 0 atom stereocenters. The van der Waals surface area contributed by atoms with Gasteiger partial charge in [0.2, 0.25) is 0 Å². The number of hydrogen-bond acceptors (Lipinski definition) is 2. The van der Waals surface area contributed by atoms with Gasteiger partial charge < -0.3 is 5.32 Å². The summed E-state index contributed by atoms with van der Waals surface area (Å²) in [6, 6.07) is 8.97. The number of alkyl halides is 3. The number of rotatable bonds is 4. The molecule has 0 spiro atoms. The summed E-state index contributed by atoms with van der Waals surface area (Å²) in [4.78, 5) is 11.3. The lowest BCUT2D eigenvalue weighted by atomic mass is 9.86. The molecule has 1 aromatic carbocycles. The highest BCUT2D eigenvalue weighted by Gasteiger charge is 2.37. The Bertz CT molecular complexity index is 502. The zero-order chi connectivity index (χ0) is 15.3. The molecule has 1 fully saturated rings. The molecule has 2 nitrogen and oxygen atoms in total. The minimum atomic E-state index is -4.82. The first-order chi connectivity index (χ1) is 9.97. The number of allylic oxidation sites excluding steroid dienone is 2. The Kier molecular flexibility index (Phi) is 5.04. The molecule has 0 heterocycles. The molecule has 114 valence electrons. The molecule has 0 amide bonds. The summed E-state index contributed by atoms with van der Waals surface area (Å²) in [6.45, 7) is 0. The van der Waals surface area contributed by atoms with Crippen LogP contribution in [0.4, 0.5) is 18.9 Å². The second kappa shape index (κ2) is 6.78. The molecule has 1 aliphatic carbocycles. The van der Waals surface area contributed by atoms with E-state index in [1.165, 1.54) is 0 Å². The number of ketones is 1. The van der Waals surface area contributed by atoms with Crippen LogP contribution in [-0.4, -0.2) is 12.0 Å². The fraction of sp³-hybridized carbons (Fsp3) is 0.438. The molecule has 5 heteroatoms. The lowest BCUT2D eigenvalue weighted by Gasteiger charge is -2.25. The van der Waals surface area contributed by atoms with Gasteiger partial charge in [-0.3, -0.25) is 4.79 Å². The predicted octanol–water partition coefficient (Wildman–Crippen LogP) is 4.69. The standard InChI is InChI=1S/C16H18F3NO/c17-16(18,19)15(21)11-14(12-7-3-1-4-8-12)20-13-9-5-2-6-10-13/h2,5-6,9-12,20H,1,3-4,7-8H2/b14-11+. The van der Waals surface area contributed by atoms with E-state index in [0.29, 0.717) is 11.4 Å². The van der Waals surface area contributed by atoms with E-state index in [0.717, 1.165) is 38.2 Å². The van der Waals surface area contributed by atoms with E-state index in [-0.39, 0.29) is 5.92 Å². The molecule has 1 saturated carbocycles. The minimum absolute atomic E-state index is 0.00902. The highest BCUT2D eigenvalue weighted by Crippen LogP contribution is 2.31. The first-order valence-electron chi connectivity index (χ1n) is 7.11. The van der Waals surface area contributed by atoms with Crippen molar-refractivity contribution in [3.8, 4) is 0 Å². The molecule has 21 heavy (non-hydrogen) atoms. The van der Waals surface area contributed by atoms with Gasteiger partial charge in [-0.05, 0) is 30.9 Å². The first-order valence-corrected chi connectivity index (χ1v) is 7.11. The number of benzene rings is 1. The van der Waals surface area contributed by atoms with Crippen LogP contribution in [0, 0.1) is 5.92 Å². The average Bonchev–Trinajstić information content (AvgIpc) is 2.47. The number of para-hydroxylation sites is 1. The SMILES string of the molecule is O=C(/C=C(/Nc1ccccc1)C1CCCCC1)C(F)(F)F. The van der Waals surface area contributed by atoms with Gasteiger partial charge >= 0.3 is 6.18 Å². The van der Waals surface area contributed by atoms with E-state index in [1.807, 2.05) is 6.07 Å². The Balaban J connectivity index is 2.21. The first kappa shape index (κ1) is 15.6. The third-order valence-corrected chi connectivity index (χ3v) is 3.67. The third-order valence-electron chi connectivity index (χ3n) is 3.67. The zero-order valence-corrected chi connectivity index (χ0v) is 11.6. The van der Waals surface area contributed by atoms with Crippen molar-refractivity contribution in [2.45, 2.75) is 38.3 Å². The number of hydrogen-bond donors (Lipinski definition) is 1. The van der Waals surface area contributed by atoms with Crippen molar-refractivity contribution in [2.75, 3.05) is 5.32 Å². The van der Waals surface area contributed by atoms with Crippen molar-refractivity contribution < 1.29 is 18.0 Å². The molecule has 1 aromatic rings. The molecule has 1 aliphatic rings. The second-order valence-corrected chi connectivity index (χ2v) is 5.29. The Hall–Kier alpha value is -1.78. The maximum atomic E-state index is 12.5. The van der Waals surface area contributed by atoms with E-state index in [2.05, 4.69) is 5.32 Å². The van der Waals surface area contributed by atoms with Crippen molar-refractivity contribution >= 4 is 11.5 Å². The lowest BCUT2D eigenvalue weighted by molar-refractivity contribution is -0.165. The van der Waals surface area contributed by atoms with Gasteiger partial charge in [-0.1, -0.05) is 37.5 Å². The largest absolute Gasteiger partial charge is 0.454 e. The normalized spacial score (nSPS) is 17.6. The molecule has 1 N–H and O–H groups in total. The number of carbonyl (C=O) groups is 1. The van der Waals surface area contributed by atoms with Crippen molar-refractivity contribution in [3.05, 3.63) is 42.1 Å². The van der Waals surface area contributed by atoms with Gasteiger partial charge in [-0.2, -0.15) is 13.2 Å². The van der Waals surface area contributed by atoms with Crippen LogP contribution in [0.3, 0.4) is 0 Å². The van der Waals surface area contributed by atoms with Crippen molar-refractivity contribution in [3.63, 3.8) is 0 Å². The van der Waals surface area contributed by atoms with Crippen molar-refractivity contribution in [1.29, 1.82) is 0 Å². The zero-order valence-electron chi connectivity index (χ0n) is 11.6. The van der Waals surface area contributed by atoms with Crippen LogP contribution in [0.2, 0.25) is 0 Å². The Morgan fingerprint density at radius 3 is 2.29 bits per heavy atom. The van der Waals surface area contributed by atoms with E-state index < -0.39 is 12.0 Å². The Morgan fingerprint density at radius 2 is 1.71 bits per heavy atom. The summed E-state index contributed by atoms with van der Waals surface area (Å²) in [5.74, 6) is -1.81. The minimum Gasteiger partial charge on any atom is -0.359 e. The quantitative estimate of drug-likeness (QED) is 0.817. The van der Waals surface area contributed by atoms with Crippen molar-refractivity contribution in [1.82, 2.24) is 0 Å². The number of anilines is 1. The number of nitrogens with one attached hydrogen (secondary N) is 1. The van der Waals surface area contributed by atoms with Crippen LogP contribution < -0.4 is 5.32 Å². The molecule has 0 bridgehead atoms. The Morgan fingerprint density at radius 1 is 1.10 bits per heavy atom. The van der Waals surface area contributed by atoms with Crippen molar-refractivity contribution in [2.24, 2.45) is 5.92 Å². The fourth-order valence-electron chi connectivity index (χ4n) is 2.58. The molecule has 0 aliphatic heterocycles. The number of halogens is 3. The van der Waals surface area contributed by atoms with E-state index in [4.69, 9.17) is 0 Å². The number of carbonyl (C=O) groups excluding carboxylic acids is 1. The van der Waals surface area contributed by atoms with Gasteiger partial charge in [0.1, 0.15) is 0 Å². The topological polar surface area (TPSA) is 29.1 Å². The molecule has 0 radical (unpaired) electrons. The highest BCUT2D eigenvalue weighted by molar-refractivity contribution is 5.95. The third kappa shape index (κ3) is 4.62. The maximum Gasteiger partial charge on any atom is 0.454 e. The monoisotopic (exact) mass is 297 g/mol. The Labute approximate surface area is 122 Å². The van der Waals surface area contributed by atoms with Crippen LogP contribution in [0.5, 0.6) is 0 Å². The van der Waals surface area contributed by atoms with Gasteiger partial charge in [0, 0.05) is 17.5 Å². The van der Waals surface area contributed by atoms with Crippen LogP contribution >= 0.6 is 0 Å². The fourth-order valence-corrected chi connectivity index (χ4v) is 2.58. The summed E-state index contributed by atoms with van der Waals surface area (Å²) in [5, 5.41) is 2.99. The second-order valence-electron chi connectivity index (χ2n) is 5.29. The highest BCUT2D eigenvalue weighted by atomic mass is 19.4. The molecule has 0 aromatic heterocycles. The van der Waals surface area contributed by atoms with Gasteiger partial charge in [0.15, 0.2) is 0 Å². The van der Waals surface area contributed by atoms with Crippen LogP contribution in [-0.2, 0) is 4.79 Å². The van der Waals surface area contributed by atoms with E-state index >= 15 is 0 Å². The van der Waals surface area contributed by atoms with Gasteiger partial charge in [0.05, 0.1) is 0 Å². The smallest absolute Gasteiger partial charge is 0.359 e. The molecule has 2 rings (SSSR count). The average molecular weight is 297 g/mol. The van der Waals surface area contributed by atoms with Gasteiger partial charge in [0.25, 0.3) is 5.78 Å². The molecule has 0 saturated heterocycles. The molecule has 0 unspecified atom stereocenters. The van der Waals surface area contributed by atoms with E-state index in [1.54, 1.807) is 24.3 Å². The summed E-state index contributed by atoms with van der Waals surface area (Å²) >= 11 is 0. The van der Waals surface area contributed by atoms with Gasteiger partial charge in [-0.25, -0.2) is 0 Å². The van der Waals surface area contributed by atoms with Gasteiger partial charge in [-0.15, -0.1) is 0 Å². The summed E-state index contributed by atoms with van der Waals surface area (Å²) < 4.78 is 37.5. The summed E-state index contributed by atoms with van der Waals surface area (Å²) in [7, 11) is 0. The van der Waals surface area contributed by atoms with Crippen LogP contribution in [0.15, 0.2) is 42.1 Å². The molecular formula is C16H18F3NO. The van der Waals surface area contributed by atoms with E-state index in [9.17, 15) is 18.0 Å². The van der Waals surface area contributed by atoms with Crippen LogP contribution in [0.1, 0.15) is 32.1 Å². The summed E-state index contributed by atoms with van der Waals surface area (Å²) in [6.07, 6.45) is 0.606. The maximum absolute atomic E-state index is 12.5. The van der Waals surface area contributed by atoms with Crippen LogP contribution in [0.25, 0.3) is 0 Å². The summed E-state index contributed by atoms with van der Waals surface area (Å²) in [5.41, 5.74) is 1.08. The predicted molar refractivity (Wildman–Crippen MR) is 75.8 cm³/mol. The lowest BCUT2D eigenvalue weighted by Crippen LogP contribution is -2.24.